The molecule has 2 atom stereocenters. The summed E-state index contributed by atoms with van der Waals surface area (Å²) in [5.41, 5.74) is 4.06. The second-order valence-electron chi connectivity index (χ2n) is 4.28. The molecule has 0 aliphatic heterocycles. The molecule has 0 aromatic carbocycles. The molecule has 0 aromatic heterocycles. The van der Waals surface area contributed by atoms with E-state index >= 15 is 0 Å². The van der Waals surface area contributed by atoms with Gasteiger partial charge in [0, 0.05) is 0 Å². The maximum atomic E-state index is 2.44. The molecule has 2 fully saturated rings. The van der Waals surface area contributed by atoms with Gasteiger partial charge in [-0.3, -0.25) is 0 Å². The lowest BCUT2D eigenvalue weighted by Gasteiger charge is -2.01. The smallest absolute Gasteiger partial charge is 0.00451 e. The lowest BCUT2D eigenvalue weighted by molar-refractivity contribution is 0.570. The topological polar surface area (TPSA) is 0 Å². The molecule has 56 valence electrons. The molecule has 0 spiro atoms. The third-order valence-corrected chi connectivity index (χ3v) is 3.38. The van der Waals surface area contributed by atoms with Crippen LogP contribution in [0.5, 0.6) is 0 Å². The molecule has 0 N–H and O–H groups in total. The Kier molecular flexibility index (Phi) is 1.07. The number of hydrogen-bond acceptors (Lipinski definition) is 0. The third-order valence-electron chi connectivity index (χ3n) is 3.38. The number of rotatable bonds is 0. The van der Waals surface area contributed by atoms with Gasteiger partial charge in [-0.15, -0.1) is 0 Å². The second-order valence-corrected chi connectivity index (χ2v) is 4.28. The molecule has 0 saturated heterocycles. The summed E-state index contributed by atoms with van der Waals surface area (Å²) < 4.78 is 0. The summed E-state index contributed by atoms with van der Waals surface area (Å²) in [6.45, 7) is 6.96. The minimum Gasteiger partial charge on any atom is -0.0763 e. The van der Waals surface area contributed by atoms with Crippen molar-refractivity contribution < 1.29 is 0 Å². The molecular formula is C10H16. The first kappa shape index (κ1) is 6.45. The van der Waals surface area contributed by atoms with E-state index in [-0.39, 0.29) is 0 Å². The summed E-state index contributed by atoms with van der Waals surface area (Å²) in [6, 6.07) is 0. The lowest BCUT2D eigenvalue weighted by Crippen LogP contribution is -1.89. The quantitative estimate of drug-likeness (QED) is 0.449. The summed E-state index contributed by atoms with van der Waals surface area (Å²) in [4.78, 5) is 0. The average molecular weight is 136 g/mol. The van der Waals surface area contributed by atoms with E-state index in [0.717, 1.165) is 5.92 Å². The van der Waals surface area contributed by atoms with Gasteiger partial charge in [-0.2, -0.15) is 0 Å². The highest BCUT2D eigenvalue weighted by Gasteiger charge is 2.58. The Bertz CT molecular complexity index is 196. The minimum absolute atomic E-state index is 0.679. The second kappa shape index (κ2) is 1.66. The van der Waals surface area contributed by atoms with Gasteiger partial charge in [-0.1, -0.05) is 24.5 Å². The van der Waals surface area contributed by atoms with E-state index in [2.05, 4.69) is 20.8 Å². The molecule has 0 radical (unpaired) electrons. The summed E-state index contributed by atoms with van der Waals surface area (Å²) in [7, 11) is 0. The molecule has 0 bridgehead atoms. The maximum Gasteiger partial charge on any atom is -0.00451 e. The highest BCUT2D eigenvalue weighted by Crippen LogP contribution is 2.68. The van der Waals surface area contributed by atoms with Crippen molar-refractivity contribution >= 4 is 0 Å². The van der Waals surface area contributed by atoms with Crippen molar-refractivity contribution in [2.24, 2.45) is 11.3 Å². The Balaban J connectivity index is 2.30. The normalized spacial score (nSPS) is 43.5. The summed E-state index contributed by atoms with van der Waals surface area (Å²) >= 11 is 0. The summed E-state index contributed by atoms with van der Waals surface area (Å²) in [6.07, 6.45) is 4.40. The van der Waals surface area contributed by atoms with Gasteiger partial charge >= 0.3 is 0 Å². The maximum absolute atomic E-state index is 2.44. The molecule has 10 heavy (non-hydrogen) atoms. The average Bonchev–Trinajstić information content (AvgIpc) is 2.22. The Morgan fingerprint density at radius 1 is 1.50 bits per heavy atom. The molecule has 0 amide bonds. The highest BCUT2D eigenvalue weighted by atomic mass is 14.6. The van der Waals surface area contributed by atoms with Crippen molar-refractivity contribution in [3.63, 3.8) is 0 Å². The first-order valence-corrected chi connectivity index (χ1v) is 4.34. The van der Waals surface area contributed by atoms with E-state index in [1.54, 1.807) is 11.1 Å². The van der Waals surface area contributed by atoms with Crippen LogP contribution in [-0.2, 0) is 0 Å². The summed E-state index contributed by atoms with van der Waals surface area (Å²) in [5, 5.41) is 0. The molecule has 2 aliphatic carbocycles. The van der Waals surface area contributed by atoms with Gasteiger partial charge in [0.2, 0.25) is 0 Å². The van der Waals surface area contributed by atoms with Gasteiger partial charge < -0.3 is 0 Å². The van der Waals surface area contributed by atoms with Crippen LogP contribution in [0.15, 0.2) is 11.1 Å². The molecule has 2 unspecified atom stereocenters. The first-order chi connectivity index (χ1) is 4.66. The highest BCUT2D eigenvalue weighted by molar-refractivity contribution is 5.41. The Labute approximate surface area is 63.3 Å². The lowest BCUT2D eigenvalue weighted by atomic mass is 10.0. The van der Waals surface area contributed by atoms with E-state index in [1.165, 1.54) is 19.3 Å². The van der Waals surface area contributed by atoms with Crippen LogP contribution in [0, 0.1) is 11.3 Å². The molecule has 0 aromatic rings. The minimum atomic E-state index is 0.679. The molecule has 2 aliphatic rings. The van der Waals surface area contributed by atoms with E-state index < -0.39 is 0 Å². The third kappa shape index (κ3) is 0.574. The molecular weight excluding hydrogens is 120 g/mol. The van der Waals surface area contributed by atoms with E-state index in [9.17, 15) is 0 Å². The van der Waals surface area contributed by atoms with Crippen molar-refractivity contribution in [2.45, 2.75) is 40.0 Å². The fourth-order valence-electron chi connectivity index (χ4n) is 2.93. The Morgan fingerprint density at radius 3 is 2.50 bits per heavy atom. The fourth-order valence-corrected chi connectivity index (χ4v) is 2.93. The number of fused-ring (bicyclic) bond motifs is 1. The van der Waals surface area contributed by atoms with Gasteiger partial charge in [0.1, 0.15) is 0 Å². The standard InChI is InChI=1S/C10H16/c1-7(2)9-8-5-4-6-10(8,9)3/h8H,4-6H2,1-3H3. The van der Waals surface area contributed by atoms with Gasteiger partial charge in [0.15, 0.2) is 0 Å². The van der Waals surface area contributed by atoms with E-state index in [0.29, 0.717) is 5.41 Å². The van der Waals surface area contributed by atoms with Gasteiger partial charge in [0.05, 0.1) is 0 Å². The van der Waals surface area contributed by atoms with Gasteiger partial charge in [-0.25, -0.2) is 0 Å². The largest absolute Gasteiger partial charge is 0.0763 e. The van der Waals surface area contributed by atoms with E-state index in [1.807, 2.05) is 0 Å². The molecule has 0 heteroatoms. The van der Waals surface area contributed by atoms with Crippen molar-refractivity contribution in [3.05, 3.63) is 11.1 Å². The van der Waals surface area contributed by atoms with Crippen molar-refractivity contribution in [3.8, 4) is 0 Å². The van der Waals surface area contributed by atoms with Crippen LogP contribution in [0.2, 0.25) is 0 Å². The van der Waals surface area contributed by atoms with Crippen LogP contribution in [0.25, 0.3) is 0 Å². The Morgan fingerprint density at radius 2 is 2.20 bits per heavy atom. The van der Waals surface area contributed by atoms with Crippen LogP contribution in [0.1, 0.15) is 40.0 Å². The van der Waals surface area contributed by atoms with Crippen LogP contribution < -0.4 is 0 Å². The predicted octanol–water partition coefficient (Wildman–Crippen LogP) is 3.14. The number of hydrogen-bond donors (Lipinski definition) is 0. The van der Waals surface area contributed by atoms with Crippen molar-refractivity contribution in [2.75, 3.05) is 0 Å². The van der Waals surface area contributed by atoms with Crippen molar-refractivity contribution in [1.29, 1.82) is 0 Å². The Hall–Kier alpha value is -0.260. The van der Waals surface area contributed by atoms with Crippen LogP contribution in [-0.4, -0.2) is 0 Å². The zero-order valence-corrected chi connectivity index (χ0v) is 7.20. The molecule has 0 heterocycles. The fraction of sp³-hybridized carbons (Fsp3) is 0.800. The zero-order chi connectivity index (χ0) is 7.35. The van der Waals surface area contributed by atoms with Crippen LogP contribution >= 0.6 is 0 Å². The first-order valence-electron chi connectivity index (χ1n) is 4.34. The zero-order valence-electron chi connectivity index (χ0n) is 7.20. The van der Waals surface area contributed by atoms with Gasteiger partial charge in [0.25, 0.3) is 0 Å². The van der Waals surface area contributed by atoms with Crippen molar-refractivity contribution in [1.82, 2.24) is 0 Å². The summed E-state index contributed by atoms with van der Waals surface area (Å²) in [5.74, 6) is 0.998. The SMILES string of the molecule is CC(C)=C1C2CCCC12C. The molecule has 2 saturated carbocycles. The van der Waals surface area contributed by atoms with E-state index in [4.69, 9.17) is 0 Å². The molecule has 0 nitrogen and oxygen atoms in total. The van der Waals surface area contributed by atoms with Crippen LogP contribution in [0.3, 0.4) is 0 Å². The number of allylic oxidation sites excluding steroid dienone is 2. The molecule has 2 rings (SSSR count). The van der Waals surface area contributed by atoms with Gasteiger partial charge in [-0.05, 0) is 38.0 Å². The monoisotopic (exact) mass is 136 g/mol. The predicted molar refractivity (Wildman–Crippen MR) is 43.8 cm³/mol. The van der Waals surface area contributed by atoms with Crippen LogP contribution in [0.4, 0.5) is 0 Å².